The average Bonchev–Trinajstić information content (AvgIpc) is 2.30. The molecule has 0 saturated carbocycles. The third kappa shape index (κ3) is 5.65. The number of aryl methyl sites for hydroxylation is 2. The van der Waals surface area contributed by atoms with Gasteiger partial charge in [-0.2, -0.15) is 0 Å². The molecule has 0 amide bonds. The summed E-state index contributed by atoms with van der Waals surface area (Å²) in [6.07, 6.45) is 4.56. The van der Waals surface area contributed by atoms with Crippen LogP contribution in [0.1, 0.15) is 51.2 Å². The van der Waals surface area contributed by atoms with Crippen LogP contribution in [0.3, 0.4) is 0 Å². The summed E-state index contributed by atoms with van der Waals surface area (Å²) in [6.45, 7) is 9.02. The van der Waals surface area contributed by atoms with E-state index in [2.05, 4.69) is 57.4 Å². The molecule has 102 valence electrons. The summed E-state index contributed by atoms with van der Waals surface area (Å²) in [5.41, 5.74) is 6.17. The molecule has 0 heterocycles. The molecule has 1 aromatic carbocycles. The van der Waals surface area contributed by atoms with Gasteiger partial charge in [0.25, 0.3) is 0 Å². The van der Waals surface area contributed by atoms with Crippen molar-refractivity contribution in [3.8, 4) is 0 Å². The van der Waals surface area contributed by atoms with E-state index in [1.807, 2.05) is 0 Å². The Morgan fingerprint density at radius 2 is 1.83 bits per heavy atom. The van der Waals surface area contributed by atoms with Crippen LogP contribution in [0.5, 0.6) is 0 Å². The number of hydrogen-bond acceptors (Lipinski definition) is 2. The smallest absolute Gasteiger partial charge is 0.0213 e. The summed E-state index contributed by atoms with van der Waals surface area (Å²) in [7, 11) is 0. The van der Waals surface area contributed by atoms with E-state index in [0.29, 0.717) is 11.5 Å². The highest BCUT2D eigenvalue weighted by Crippen LogP contribution is 2.22. The molecule has 1 aromatic rings. The van der Waals surface area contributed by atoms with Gasteiger partial charge < -0.3 is 0 Å². The summed E-state index contributed by atoms with van der Waals surface area (Å²) in [5, 5.41) is 0. The van der Waals surface area contributed by atoms with Crippen molar-refractivity contribution in [2.75, 3.05) is 0 Å². The minimum Gasteiger partial charge on any atom is -0.271 e. The molecule has 0 fully saturated rings. The molecule has 2 nitrogen and oxygen atoms in total. The summed E-state index contributed by atoms with van der Waals surface area (Å²) in [6, 6.07) is 9.02. The van der Waals surface area contributed by atoms with Crippen LogP contribution in [-0.2, 0) is 6.42 Å². The summed E-state index contributed by atoms with van der Waals surface area (Å²) < 4.78 is 0. The lowest BCUT2D eigenvalue weighted by Crippen LogP contribution is -2.36. The van der Waals surface area contributed by atoms with Crippen LogP contribution in [0, 0.1) is 12.3 Å². The minimum absolute atomic E-state index is 0.387. The first-order valence-corrected chi connectivity index (χ1v) is 6.93. The first-order chi connectivity index (χ1) is 8.42. The fraction of sp³-hybridized carbons (Fsp3) is 0.625. The van der Waals surface area contributed by atoms with Gasteiger partial charge >= 0.3 is 0 Å². The molecular formula is C16H28N2. The molecule has 0 aliphatic rings. The molecule has 0 radical (unpaired) electrons. The normalized spacial score (nSPS) is 13.6. The third-order valence-electron chi connectivity index (χ3n) is 3.50. The summed E-state index contributed by atoms with van der Waals surface area (Å²) in [4.78, 5) is 0. The third-order valence-corrected chi connectivity index (χ3v) is 3.50. The van der Waals surface area contributed by atoms with Crippen LogP contribution in [0.15, 0.2) is 24.3 Å². The number of rotatable bonds is 6. The highest BCUT2D eigenvalue weighted by molar-refractivity contribution is 5.25. The number of benzene rings is 1. The molecule has 1 unspecified atom stereocenters. The Bertz CT molecular complexity index is 352. The molecule has 0 aliphatic carbocycles. The molecule has 0 saturated heterocycles. The standard InChI is InChI=1S/C16H28N2/c1-13-7-5-6-8-14(13)9-10-15(18-17)11-12-16(2,3)4/h5-8,15,18H,9-12,17H2,1-4H3. The molecule has 1 rings (SSSR count). The van der Waals surface area contributed by atoms with E-state index in [4.69, 9.17) is 5.84 Å². The van der Waals surface area contributed by atoms with Crippen LogP contribution >= 0.6 is 0 Å². The predicted molar refractivity (Wildman–Crippen MR) is 79.3 cm³/mol. The largest absolute Gasteiger partial charge is 0.271 e. The molecule has 18 heavy (non-hydrogen) atoms. The minimum atomic E-state index is 0.387. The van der Waals surface area contributed by atoms with Gasteiger partial charge in [-0.15, -0.1) is 0 Å². The van der Waals surface area contributed by atoms with Crippen LogP contribution in [0.4, 0.5) is 0 Å². The number of nitrogens with one attached hydrogen (secondary N) is 1. The number of hydrogen-bond donors (Lipinski definition) is 2. The Balaban J connectivity index is 2.43. The lowest BCUT2D eigenvalue weighted by atomic mass is 9.87. The van der Waals surface area contributed by atoms with Crippen molar-refractivity contribution in [2.45, 2.75) is 59.4 Å². The molecular weight excluding hydrogens is 220 g/mol. The van der Waals surface area contributed by atoms with Crippen LogP contribution < -0.4 is 11.3 Å². The molecule has 3 N–H and O–H groups in total. The van der Waals surface area contributed by atoms with E-state index in [-0.39, 0.29) is 0 Å². The van der Waals surface area contributed by atoms with Gasteiger partial charge in [0.15, 0.2) is 0 Å². The second-order valence-electron chi connectivity index (χ2n) is 6.43. The molecule has 2 heteroatoms. The van der Waals surface area contributed by atoms with Crippen molar-refractivity contribution in [3.05, 3.63) is 35.4 Å². The van der Waals surface area contributed by atoms with Crippen molar-refractivity contribution in [3.63, 3.8) is 0 Å². The predicted octanol–water partition coefficient (Wildman–Crippen LogP) is 3.59. The van der Waals surface area contributed by atoms with E-state index in [1.54, 1.807) is 0 Å². The first-order valence-electron chi connectivity index (χ1n) is 6.93. The van der Waals surface area contributed by atoms with Crippen LogP contribution in [0.25, 0.3) is 0 Å². The monoisotopic (exact) mass is 248 g/mol. The van der Waals surface area contributed by atoms with Gasteiger partial charge in [-0.3, -0.25) is 11.3 Å². The van der Waals surface area contributed by atoms with E-state index >= 15 is 0 Å². The zero-order valence-electron chi connectivity index (χ0n) is 12.3. The van der Waals surface area contributed by atoms with Gasteiger partial charge in [0.2, 0.25) is 0 Å². The van der Waals surface area contributed by atoms with Gasteiger partial charge in [-0.05, 0) is 49.1 Å². The van der Waals surface area contributed by atoms with Gasteiger partial charge in [-0.25, -0.2) is 0 Å². The van der Waals surface area contributed by atoms with E-state index in [9.17, 15) is 0 Å². The molecule has 0 aromatic heterocycles. The van der Waals surface area contributed by atoms with E-state index < -0.39 is 0 Å². The Labute approximate surface area is 112 Å². The molecule has 1 atom stereocenters. The lowest BCUT2D eigenvalue weighted by Gasteiger charge is -2.23. The summed E-state index contributed by atoms with van der Waals surface area (Å²) >= 11 is 0. The highest BCUT2D eigenvalue weighted by atomic mass is 15.2. The van der Waals surface area contributed by atoms with Crippen molar-refractivity contribution in [2.24, 2.45) is 11.3 Å². The zero-order chi connectivity index (χ0) is 13.6. The Kier molecular flexibility index (Phi) is 5.83. The molecule has 0 aliphatic heterocycles. The Morgan fingerprint density at radius 1 is 1.17 bits per heavy atom. The van der Waals surface area contributed by atoms with Crippen molar-refractivity contribution < 1.29 is 0 Å². The van der Waals surface area contributed by atoms with Crippen LogP contribution in [0.2, 0.25) is 0 Å². The van der Waals surface area contributed by atoms with Gasteiger partial charge in [0.1, 0.15) is 0 Å². The Morgan fingerprint density at radius 3 is 2.39 bits per heavy atom. The highest BCUT2D eigenvalue weighted by Gasteiger charge is 2.14. The van der Waals surface area contributed by atoms with Crippen LogP contribution in [-0.4, -0.2) is 6.04 Å². The number of nitrogens with two attached hydrogens (primary N) is 1. The summed E-state index contributed by atoms with van der Waals surface area (Å²) in [5.74, 6) is 5.65. The number of hydrazine groups is 1. The van der Waals surface area contributed by atoms with E-state index in [1.165, 1.54) is 17.5 Å². The maximum absolute atomic E-state index is 5.65. The van der Waals surface area contributed by atoms with Crippen molar-refractivity contribution >= 4 is 0 Å². The maximum Gasteiger partial charge on any atom is 0.0213 e. The second kappa shape index (κ2) is 6.91. The fourth-order valence-corrected chi connectivity index (χ4v) is 2.14. The van der Waals surface area contributed by atoms with Gasteiger partial charge in [-0.1, -0.05) is 45.0 Å². The molecule has 0 spiro atoms. The zero-order valence-corrected chi connectivity index (χ0v) is 12.3. The van der Waals surface area contributed by atoms with Gasteiger partial charge in [0.05, 0.1) is 0 Å². The second-order valence-corrected chi connectivity index (χ2v) is 6.43. The van der Waals surface area contributed by atoms with E-state index in [0.717, 1.165) is 19.3 Å². The first kappa shape index (κ1) is 15.2. The average molecular weight is 248 g/mol. The van der Waals surface area contributed by atoms with Gasteiger partial charge in [0, 0.05) is 6.04 Å². The van der Waals surface area contributed by atoms with Crippen molar-refractivity contribution in [1.82, 2.24) is 5.43 Å². The fourth-order valence-electron chi connectivity index (χ4n) is 2.14. The topological polar surface area (TPSA) is 38.0 Å². The quantitative estimate of drug-likeness (QED) is 0.596. The lowest BCUT2D eigenvalue weighted by molar-refractivity contribution is 0.324. The SMILES string of the molecule is Cc1ccccc1CCC(CCC(C)(C)C)NN. The van der Waals surface area contributed by atoms with Crippen molar-refractivity contribution in [1.29, 1.82) is 0 Å². The molecule has 0 bridgehead atoms. The maximum atomic E-state index is 5.65. The Hall–Kier alpha value is -0.860.